The van der Waals surface area contributed by atoms with Gasteiger partial charge in [-0.25, -0.2) is 0 Å². The van der Waals surface area contributed by atoms with Gasteiger partial charge < -0.3 is 29.7 Å². The molecule has 8 heteroatoms. The number of piperidine rings is 1. The third-order valence-electron chi connectivity index (χ3n) is 5.39. The fraction of sp³-hybridized carbons (Fsp3) is 0.682. The lowest BCUT2D eigenvalue weighted by Crippen LogP contribution is -2.35. The van der Waals surface area contributed by atoms with Gasteiger partial charge >= 0.3 is 0 Å². The summed E-state index contributed by atoms with van der Waals surface area (Å²) in [5, 5.41) is 6.72. The summed E-state index contributed by atoms with van der Waals surface area (Å²) in [4.78, 5) is 7.32. The van der Waals surface area contributed by atoms with E-state index in [1.165, 1.54) is 25.9 Å². The molecule has 0 atom stereocenters. The van der Waals surface area contributed by atoms with Crippen molar-refractivity contribution in [2.45, 2.75) is 32.6 Å². The number of halogens is 1. The number of anilines is 1. The highest BCUT2D eigenvalue weighted by Gasteiger charge is 2.15. The maximum atomic E-state index is 5.79. The lowest BCUT2D eigenvalue weighted by Gasteiger charge is -2.29. The van der Waals surface area contributed by atoms with Crippen molar-refractivity contribution in [1.82, 2.24) is 10.2 Å². The molecule has 30 heavy (non-hydrogen) atoms. The minimum atomic E-state index is 0. The zero-order chi connectivity index (χ0) is 20.3. The van der Waals surface area contributed by atoms with Crippen molar-refractivity contribution in [3.8, 4) is 11.5 Å². The molecule has 0 radical (unpaired) electrons. The van der Waals surface area contributed by atoms with Crippen molar-refractivity contribution in [3.05, 3.63) is 18.2 Å². The third-order valence-corrected chi connectivity index (χ3v) is 5.39. The maximum absolute atomic E-state index is 5.79. The summed E-state index contributed by atoms with van der Waals surface area (Å²) in [5.41, 5.74) is 0.933. The molecule has 0 aromatic heterocycles. The molecule has 0 aliphatic carbocycles. The second-order valence-corrected chi connectivity index (χ2v) is 7.86. The van der Waals surface area contributed by atoms with Gasteiger partial charge in [0, 0.05) is 38.4 Å². The second-order valence-electron chi connectivity index (χ2n) is 7.86. The van der Waals surface area contributed by atoms with E-state index in [1.54, 1.807) is 7.11 Å². The van der Waals surface area contributed by atoms with Gasteiger partial charge in [-0.05, 0) is 56.9 Å². The first-order chi connectivity index (χ1) is 14.2. The van der Waals surface area contributed by atoms with E-state index in [2.05, 4.69) is 22.5 Å². The van der Waals surface area contributed by atoms with Gasteiger partial charge in [0.1, 0.15) is 0 Å². The number of hydrogen-bond acceptors (Lipinski definition) is 5. The first-order valence-electron chi connectivity index (χ1n) is 10.9. The second kappa shape index (κ2) is 13.9. The Morgan fingerprint density at radius 1 is 1.20 bits per heavy atom. The normalized spacial score (nSPS) is 17.7. The highest BCUT2D eigenvalue weighted by Crippen LogP contribution is 2.32. The van der Waals surface area contributed by atoms with E-state index in [1.807, 2.05) is 18.2 Å². The van der Waals surface area contributed by atoms with E-state index in [9.17, 15) is 0 Å². The quantitative estimate of drug-likeness (QED) is 0.231. The predicted octanol–water partition coefficient (Wildman–Crippen LogP) is 3.59. The third kappa shape index (κ3) is 8.47. The first-order valence-corrected chi connectivity index (χ1v) is 10.9. The van der Waals surface area contributed by atoms with E-state index in [0.717, 1.165) is 55.0 Å². The van der Waals surface area contributed by atoms with E-state index < -0.39 is 0 Å². The number of aliphatic imine (C=N–C) groups is 1. The average molecular weight is 532 g/mol. The van der Waals surface area contributed by atoms with Crippen LogP contribution in [0.4, 0.5) is 5.69 Å². The van der Waals surface area contributed by atoms with Crippen LogP contribution < -0.4 is 20.1 Å². The summed E-state index contributed by atoms with van der Waals surface area (Å²) in [7, 11) is 1.70. The molecule has 0 unspecified atom stereocenters. The maximum Gasteiger partial charge on any atom is 0.195 e. The molecule has 1 fully saturated rings. The Kier molecular flexibility index (Phi) is 11.6. The van der Waals surface area contributed by atoms with Crippen molar-refractivity contribution in [1.29, 1.82) is 0 Å². The summed E-state index contributed by atoms with van der Waals surface area (Å²) < 4.78 is 16.7. The molecule has 1 aromatic rings. The van der Waals surface area contributed by atoms with Crippen LogP contribution in [0.25, 0.3) is 0 Å². The van der Waals surface area contributed by atoms with Crippen molar-refractivity contribution in [2.75, 3.05) is 65.0 Å². The number of ether oxygens (including phenoxy) is 3. The van der Waals surface area contributed by atoms with Gasteiger partial charge in [-0.15, -0.1) is 24.0 Å². The molecule has 170 valence electrons. The zero-order valence-electron chi connectivity index (χ0n) is 18.3. The summed E-state index contributed by atoms with van der Waals surface area (Å²) in [6.07, 6.45) is 4.60. The molecular weight excluding hydrogens is 495 g/mol. The van der Waals surface area contributed by atoms with Gasteiger partial charge in [-0.1, -0.05) is 6.92 Å². The number of rotatable bonds is 8. The Hall–Kier alpha value is -1.26. The minimum Gasteiger partial charge on any atom is -0.490 e. The van der Waals surface area contributed by atoms with Crippen molar-refractivity contribution in [2.24, 2.45) is 10.9 Å². The fourth-order valence-electron chi connectivity index (χ4n) is 3.56. The Bertz CT molecular complexity index is 651. The van der Waals surface area contributed by atoms with Crippen LogP contribution in [-0.2, 0) is 4.74 Å². The number of methoxy groups -OCH3 is 1. The molecule has 0 amide bonds. The number of benzene rings is 1. The van der Waals surface area contributed by atoms with Gasteiger partial charge in [0.25, 0.3) is 0 Å². The molecule has 1 saturated heterocycles. The number of guanidine groups is 1. The lowest BCUT2D eigenvalue weighted by molar-refractivity contribution is 0.191. The molecule has 2 aliphatic rings. The Balaban J connectivity index is 0.00000320. The summed E-state index contributed by atoms with van der Waals surface area (Å²) in [6, 6.07) is 5.92. The monoisotopic (exact) mass is 532 g/mol. The van der Waals surface area contributed by atoms with Gasteiger partial charge in [0.05, 0.1) is 19.8 Å². The van der Waals surface area contributed by atoms with E-state index in [0.29, 0.717) is 26.4 Å². The zero-order valence-corrected chi connectivity index (χ0v) is 20.7. The molecule has 2 heterocycles. The molecule has 1 aromatic carbocycles. The van der Waals surface area contributed by atoms with Crippen LogP contribution in [0.3, 0.4) is 0 Å². The molecule has 7 nitrogen and oxygen atoms in total. The van der Waals surface area contributed by atoms with Gasteiger partial charge in [-0.2, -0.15) is 0 Å². The Labute approximate surface area is 197 Å². The first kappa shape index (κ1) is 25.0. The molecule has 0 saturated carbocycles. The van der Waals surface area contributed by atoms with Gasteiger partial charge in [0.2, 0.25) is 0 Å². The Morgan fingerprint density at radius 3 is 2.73 bits per heavy atom. The molecule has 2 aliphatic heterocycles. The molecule has 0 spiro atoms. The fourth-order valence-corrected chi connectivity index (χ4v) is 3.56. The molecule has 2 N–H and O–H groups in total. The number of fused-ring (bicyclic) bond motifs is 1. The number of nitrogens with one attached hydrogen (secondary N) is 2. The molecule has 3 rings (SSSR count). The topological polar surface area (TPSA) is 67.4 Å². The van der Waals surface area contributed by atoms with Crippen LogP contribution in [0.15, 0.2) is 23.2 Å². The van der Waals surface area contributed by atoms with E-state index in [4.69, 9.17) is 19.2 Å². The standard InChI is InChI=1S/C22H36N4O3.HI/c1-18-7-12-26(13-8-18)11-3-9-23-22(24-10-16-27-2)25-19-5-6-20-21(17-19)29-15-4-14-28-20;/h5-6,17-18H,3-4,7-16H2,1-2H3,(H2,23,24,25);1H. The van der Waals surface area contributed by atoms with Crippen molar-refractivity contribution in [3.63, 3.8) is 0 Å². The summed E-state index contributed by atoms with van der Waals surface area (Å²) in [5.74, 6) is 3.22. The van der Waals surface area contributed by atoms with Crippen LogP contribution in [0.2, 0.25) is 0 Å². The molecular formula is C22H37IN4O3. The predicted molar refractivity (Wildman–Crippen MR) is 133 cm³/mol. The highest BCUT2D eigenvalue weighted by atomic mass is 127. The summed E-state index contributed by atoms with van der Waals surface area (Å²) in [6.45, 7) is 9.42. The number of nitrogens with zero attached hydrogens (tertiary/aromatic N) is 2. The van der Waals surface area contributed by atoms with Crippen LogP contribution in [-0.4, -0.2) is 70.5 Å². The minimum absolute atomic E-state index is 0. The van der Waals surface area contributed by atoms with Crippen molar-refractivity contribution >= 4 is 35.6 Å². The smallest absolute Gasteiger partial charge is 0.195 e. The highest BCUT2D eigenvalue weighted by molar-refractivity contribution is 14.0. The Morgan fingerprint density at radius 2 is 1.97 bits per heavy atom. The van der Waals surface area contributed by atoms with Gasteiger partial charge in [0.15, 0.2) is 17.5 Å². The SMILES string of the molecule is COCCNC(=NCCCN1CCC(C)CC1)Nc1ccc2c(c1)OCCCO2.I. The van der Waals surface area contributed by atoms with E-state index >= 15 is 0 Å². The summed E-state index contributed by atoms with van der Waals surface area (Å²) >= 11 is 0. The number of likely N-dealkylation sites (tertiary alicyclic amines) is 1. The van der Waals surface area contributed by atoms with E-state index in [-0.39, 0.29) is 24.0 Å². The van der Waals surface area contributed by atoms with Crippen molar-refractivity contribution < 1.29 is 14.2 Å². The van der Waals surface area contributed by atoms with Crippen LogP contribution in [0.1, 0.15) is 32.6 Å². The largest absolute Gasteiger partial charge is 0.490 e. The molecule has 0 bridgehead atoms. The van der Waals surface area contributed by atoms with Crippen LogP contribution in [0, 0.1) is 5.92 Å². The van der Waals surface area contributed by atoms with Crippen LogP contribution in [0.5, 0.6) is 11.5 Å². The lowest BCUT2D eigenvalue weighted by atomic mass is 9.99. The van der Waals surface area contributed by atoms with Gasteiger partial charge in [-0.3, -0.25) is 4.99 Å². The number of hydrogen-bond donors (Lipinski definition) is 2. The average Bonchev–Trinajstić information content (AvgIpc) is 2.97. The van der Waals surface area contributed by atoms with Crippen LogP contribution >= 0.6 is 24.0 Å².